The molecule has 0 fully saturated rings. The van der Waals surface area contributed by atoms with Crippen LogP contribution in [0.1, 0.15) is 30.0 Å². The van der Waals surface area contributed by atoms with Gasteiger partial charge < -0.3 is 19.8 Å². The maximum Gasteiger partial charge on any atom is 0.291 e. The van der Waals surface area contributed by atoms with Crippen molar-refractivity contribution in [1.82, 2.24) is 0 Å². The third kappa shape index (κ3) is 3.69. The molecule has 0 saturated carbocycles. The van der Waals surface area contributed by atoms with Crippen LogP contribution in [0.25, 0.3) is 11.0 Å². The van der Waals surface area contributed by atoms with Crippen molar-refractivity contribution in [3.63, 3.8) is 0 Å². The molecule has 0 bridgehead atoms. The zero-order valence-electron chi connectivity index (χ0n) is 14.9. The lowest BCUT2D eigenvalue weighted by atomic mass is 10.1. The molecule has 2 N–H and O–H groups in total. The molecule has 0 saturated heterocycles. The van der Waals surface area contributed by atoms with Crippen molar-refractivity contribution in [1.29, 1.82) is 0 Å². The number of fused-ring (bicyclic) bond motifs is 1. The topological polar surface area (TPSA) is 80.6 Å². The summed E-state index contributed by atoms with van der Waals surface area (Å²) in [7, 11) is 0. The Morgan fingerprint density at radius 3 is 2.31 bits per heavy atom. The first-order chi connectivity index (χ1) is 12.5. The number of ether oxygens (including phenoxy) is 1. The van der Waals surface area contributed by atoms with Gasteiger partial charge in [0.05, 0.1) is 6.61 Å². The molecule has 3 rings (SSSR count). The smallest absolute Gasteiger partial charge is 0.291 e. The van der Waals surface area contributed by atoms with E-state index in [4.69, 9.17) is 9.15 Å². The molecule has 0 unspecified atom stereocenters. The molecule has 0 atom stereocenters. The molecule has 1 heterocycles. The van der Waals surface area contributed by atoms with E-state index in [0.717, 1.165) is 16.7 Å². The predicted octanol–water partition coefficient (Wildman–Crippen LogP) is 4.35. The van der Waals surface area contributed by atoms with E-state index in [1.54, 1.807) is 30.3 Å². The minimum Gasteiger partial charge on any atom is -0.494 e. The highest BCUT2D eigenvalue weighted by atomic mass is 16.5. The van der Waals surface area contributed by atoms with Crippen LogP contribution in [0.15, 0.2) is 46.9 Å². The van der Waals surface area contributed by atoms with Gasteiger partial charge in [0.15, 0.2) is 5.76 Å². The summed E-state index contributed by atoms with van der Waals surface area (Å²) in [5.41, 5.74) is 2.67. The van der Waals surface area contributed by atoms with E-state index in [1.807, 2.05) is 26.0 Å². The Labute approximate surface area is 151 Å². The van der Waals surface area contributed by atoms with Crippen LogP contribution in [0.5, 0.6) is 5.75 Å². The lowest BCUT2D eigenvalue weighted by Crippen LogP contribution is -2.12. The van der Waals surface area contributed by atoms with Crippen molar-refractivity contribution in [2.75, 3.05) is 17.2 Å². The first-order valence-electron chi connectivity index (χ1n) is 8.33. The summed E-state index contributed by atoms with van der Waals surface area (Å²) >= 11 is 0. The van der Waals surface area contributed by atoms with Crippen LogP contribution >= 0.6 is 0 Å². The number of carbonyl (C=O) groups excluding carboxylic acids is 2. The van der Waals surface area contributed by atoms with Crippen molar-refractivity contribution in [2.45, 2.75) is 20.8 Å². The number of aryl methyl sites for hydroxylation is 1. The van der Waals surface area contributed by atoms with Gasteiger partial charge in [0.25, 0.3) is 5.91 Å². The number of furan rings is 1. The summed E-state index contributed by atoms with van der Waals surface area (Å²) in [6.07, 6.45) is 0. The Morgan fingerprint density at radius 1 is 1.04 bits per heavy atom. The monoisotopic (exact) mass is 352 g/mol. The molecule has 6 nitrogen and oxygen atoms in total. The van der Waals surface area contributed by atoms with Gasteiger partial charge >= 0.3 is 0 Å². The minimum absolute atomic E-state index is 0.147. The SMILES string of the molecule is CCOc1ccc2oc(C(=O)Nc3ccc(NC(C)=O)cc3)c(C)c2c1. The zero-order chi connectivity index (χ0) is 18.7. The Kier molecular flexibility index (Phi) is 4.93. The van der Waals surface area contributed by atoms with Crippen molar-refractivity contribution in [3.8, 4) is 5.75 Å². The third-order valence-electron chi connectivity index (χ3n) is 3.89. The number of amides is 2. The highest BCUT2D eigenvalue weighted by Gasteiger charge is 2.18. The summed E-state index contributed by atoms with van der Waals surface area (Å²) in [6.45, 7) is 5.78. The van der Waals surface area contributed by atoms with E-state index in [2.05, 4.69) is 10.6 Å². The summed E-state index contributed by atoms with van der Waals surface area (Å²) in [5.74, 6) is 0.527. The van der Waals surface area contributed by atoms with E-state index in [-0.39, 0.29) is 17.6 Å². The Bertz CT molecular complexity index is 958. The van der Waals surface area contributed by atoms with Crippen LogP contribution < -0.4 is 15.4 Å². The molecular weight excluding hydrogens is 332 g/mol. The molecule has 0 aliphatic rings. The predicted molar refractivity (Wildman–Crippen MR) is 101 cm³/mol. The molecule has 2 amide bonds. The number of hydrogen-bond acceptors (Lipinski definition) is 4. The maximum absolute atomic E-state index is 12.6. The quantitative estimate of drug-likeness (QED) is 0.715. The number of anilines is 2. The first-order valence-corrected chi connectivity index (χ1v) is 8.33. The molecule has 3 aromatic rings. The van der Waals surface area contributed by atoms with E-state index in [0.29, 0.717) is 23.6 Å². The van der Waals surface area contributed by atoms with Crippen LogP contribution in [0.3, 0.4) is 0 Å². The highest BCUT2D eigenvalue weighted by molar-refractivity contribution is 6.06. The molecule has 0 radical (unpaired) electrons. The van der Waals surface area contributed by atoms with E-state index in [9.17, 15) is 9.59 Å². The first kappa shape index (κ1) is 17.5. The fourth-order valence-electron chi connectivity index (χ4n) is 2.70. The average molecular weight is 352 g/mol. The van der Waals surface area contributed by atoms with Gasteiger partial charge in [-0.25, -0.2) is 0 Å². The highest BCUT2D eigenvalue weighted by Crippen LogP contribution is 2.29. The average Bonchev–Trinajstić information content (AvgIpc) is 2.93. The van der Waals surface area contributed by atoms with Gasteiger partial charge in [0.1, 0.15) is 11.3 Å². The Balaban J connectivity index is 1.81. The largest absolute Gasteiger partial charge is 0.494 e. The second-order valence-electron chi connectivity index (χ2n) is 5.86. The lowest BCUT2D eigenvalue weighted by molar-refractivity contribution is -0.114. The second-order valence-corrected chi connectivity index (χ2v) is 5.86. The van der Waals surface area contributed by atoms with Gasteiger partial charge in [0.2, 0.25) is 5.91 Å². The lowest BCUT2D eigenvalue weighted by Gasteiger charge is -2.06. The molecule has 0 aliphatic carbocycles. The van der Waals surface area contributed by atoms with Crippen molar-refractivity contribution >= 4 is 34.2 Å². The van der Waals surface area contributed by atoms with Crippen LogP contribution in [-0.2, 0) is 4.79 Å². The Morgan fingerprint density at radius 2 is 1.69 bits per heavy atom. The molecular formula is C20H20N2O4. The standard InChI is InChI=1S/C20H20N2O4/c1-4-25-16-9-10-18-17(11-16)12(2)19(26-18)20(24)22-15-7-5-14(6-8-15)21-13(3)23/h5-11H,4H2,1-3H3,(H,21,23)(H,22,24). The number of benzene rings is 2. The van der Waals surface area contributed by atoms with Gasteiger partial charge in [-0.15, -0.1) is 0 Å². The summed E-state index contributed by atoms with van der Waals surface area (Å²) in [5, 5.41) is 6.33. The third-order valence-corrected chi connectivity index (χ3v) is 3.89. The zero-order valence-corrected chi connectivity index (χ0v) is 14.9. The second kappa shape index (κ2) is 7.31. The fourth-order valence-corrected chi connectivity index (χ4v) is 2.70. The van der Waals surface area contributed by atoms with Crippen LogP contribution in [0.4, 0.5) is 11.4 Å². The van der Waals surface area contributed by atoms with Crippen molar-refractivity contribution < 1.29 is 18.7 Å². The summed E-state index contributed by atoms with van der Waals surface area (Å²) in [6, 6.07) is 12.4. The number of rotatable bonds is 5. The maximum atomic E-state index is 12.6. The van der Waals surface area contributed by atoms with Crippen LogP contribution in [0, 0.1) is 6.92 Å². The molecule has 26 heavy (non-hydrogen) atoms. The number of hydrogen-bond donors (Lipinski definition) is 2. The normalized spacial score (nSPS) is 10.6. The molecule has 1 aromatic heterocycles. The number of nitrogens with one attached hydrogen (secondary N) is 2. The molecule has 134 valence electrons. The number of carbonyl (C=O) groups is 2. The minimum atomic E-state index is -0.330. The van der Waals surface area contributed by atoms with Gasteiger partial charge in [-0.2, -0.15) is 0 Å². The van der Waals surface area contributed by atoms with E-state index < -0.39 is 0 Å². The van der Waals surface area contributed by atoms with Gasteiger partial charge in [-0.1, -0.05) is 0 Å². The molecule has 0 spiro atoms. The van der Waals surface area contributed by atoms with Crippen LogP contribution in [0.2, 0.25) is 0 Å². The fraction of sp³-hybridized carbons (Fsp3) is 0.200. The van der Waals surface area contributed by atoms with E-state index in [1.165, 1.54) is 6.92 Å². The Hall–Kier alpha value is -3.28. The molecule has 0 aliphatic heterocycles. The van der Waals surface area contributed by atoms with Gasteiger partial charge in [-0.05, 0) is 56.3 Å². The van der Waals surface area contributed by atoms with Gasteiger partial charge in [0, 0.05) is 29.2 Å². The van der Waals surface area contributed by atoms with Crippen molar-refractivity contribution in [2.24, 2.45) is 0 Å². The molecule has 2 aromatic carbocycles. The summed E-state index contributed by atoms with van der Waals surface area (Å²) in [4.78, 5) is 23.6. The van der Waals surface area contributed by atoms with E-state index >= 15 is 0 Å². The van der Waals surface area contributed by atoms with Crippen LogP contribution in [-0.4, -0.2) is 18.4 Å². The summed E-state index contributed by atoms with van der Waals surface area (Å²) < 4.78 is 11.2. The van der Waals surface area contributed by atoms with Crippen molar-refractivity contribution in [3.05, 3.63) is 53.8 Å². The van der Waals surface area contributed by atoms with Gasteiger partial charge in [-0.3, -0.25) is 9.59 Å². The molecule has 6 heteroatoms.